The van der Waals surface area contributed by atoms with E-state index < -0.39 is 11.0 Å². The lowest BCUT2D eigenvalue weighted by Gasteiger charge is -2.50. The van der Waals surface area contributed by atoms with Crippen molar-refractivity contribution in [1.29, 1.82) is 0 Å². The fourth-order valence-corrected chi connectivity index (χ4v) is 7.19. The van der Waals surface area contributed by atoms with Gasteiger partial charge < -0.3 is 16.0 Å². The van der Waals surface area contributed by atoms with E-state index in [1.54, 1.807) is 0 Å². The average Bonchev–Trinajstić information content (AvgIpc) is 3.15. The summed E-state index contributed by atoms with van der Waals surface area (Å²) in [5, 5.41) is 11.3. The van der Waals surface area contributed by atoms with Gasteiger partial charge in [-0.15, -0.1) is 0 Å². The highest BCUT2D eigenvalue weighted by molar-refractivity contribution is 6.31. The largest absolute Gasteiger partial charge is 0.352 e. The van der Waals surface area contributed by atoms with Crippen molar-refractivity contribution in [3.05, 3.63) is 63.6 Å². The summed E-state index contributed by atoms with van der Waals surface area (Å²) in [6.07, 6.45) is 11.0. The Morgan fingerprint density at radius 3 is 2.42 bits per heavy atom. The van der Waals surface area contributed by atoms with Crippen LogP contribution in [0.2, 0.25) is 10.0 Å². The molecule has 0 bridgehead atoms. The van der Waals surface area contributed by atoms with Crippen LogP contribution < -0.4 is 16.0 Å². The van der Waals surface area contributed by atoms with Gasteiger partial charge in [0.05, 0.1) is 12.0 Å². The van der Waals surface area contributed by atoms with E-state index in [2.05, 4.69) is 16.0 Å². The molecular formula is C29H35Cl2N3O2. The highest BCUT2D eigenvalue weighted by Crippen LogP contribution is 2.53. The van der Waals surface area contributed by atoms with Crippen molar-refractivity contribution in [3.8, 4) is 0 Å². The maximum Gasteiger partial charge on any atom is 0.237 e. The molecule has 1 atom stereocenters. The highest BCUT2D eigenvalue weighted by Gasteiger charge is 2.60. The number of fused-ring (bicyclic) bond motifs is 1. The second-order valence-electron chi connectivity index (χ2n) is 10.8. The number of carbonyl (C=O) groups is 2. The summed E-state index contributed by atoms with van der Waals surface area (Å²) in [4.78, 5) is 27.2. The van der Waals surface area contributed by atoms with E-state index in [0.717, 1.165) is 61.8 Å². The Morgan fingerprint density at radius 2 is 1.67 bits per heavy atom. The van der Waals surface area contributed by atoms with Crippen LogP contribution in [-0.2, 0) is 21.4 Å². The molecule has 0 aromatic heterocycles. The number of anilines is 1. The van der Waals surface area contributed by atoms with Crippen molar-refractivity contribution >= 4 is 40.7 Å². The van der Waals surface area contributed by atoms with Crippen LogP contribution in [0.3, 0.4) is 0 Å². The third-order valence-electron chi connectivity index (χ3n) is 8.52. The fourth-order valence-electron chi connectivity index (χ4n) is 6.80. The van der Waals surface area contributed by atoms with Crippen LogP contribution in [0.25, 0.3) is 0 Å². The molecule has 2 saturated carbocycles. The summed E-state index contributed by atoms with van der Waals surface area (Å²) in [6.45, 7) is 0.198. The minimum Gasteiger partial charge on any atom is -0.352 e. The zero-order valence-electron chi connectivity index (χ0n) is 20.7. The number of hydrogen-bond acceptors (Lipinski definition) is 3. The Hall–Kier alpha value is -2.08. The monoisotopic (exact) mass is 527 g/mol. The Labute approximate surface area is 223 Å². The predicted molar refractivity (Wildman–Crippen MR) is 146 cm³/mol. The van der Waals surface area contributed by atoms with Gasteiger partial charge in [-0.25, -0.2) is 0 Å². The molecule has 3 aliphatic rings. The third kappa shape index (κ3) is 4.90. The molecule has 2 aromatic rings. The van der Waals surface area contributed by atoms with Gasteiger partial charge >= 0.3 is 0 Å². The molecule has 5 nitrogen and oxygen atoms in total. The van der Waals surface area contributed by atoms with Crippen molar-refractivity contribution in [1.82, 2.24) is 10.6 Å². The second kappa shape index (κ2) is 10.7. The minimum atomic E-state index is -0.886. The van der Waals surface area contributed by atoms with Crippen molar-refractivity contribution in [3.63, 3.8) is 0 Å². The standard InChI is InChI=1S/C29H35Cl2N3O2/c30-21-9-7-8-20(16-21)18-29(24-13-12-22(31)17-25(24)34-27(29)36)28(14-5-2-6-15-28)32-19-26(35)33-23-10-3-1-4-11-23/h7-9,12-13,16-17,23,32H,1-6,10-11,14-15,18-19H2,(H,33,35)(H,34,36). The maximum absolute atomic E-state index is 14.1. The Kier molecular flexibility index (Phi) is 7.62. The Bertz CT molecular complexity index is 1130. The molecule has 192 valence electrons. The molecule has 1 unspecified atom stereocenters. The summed E-state index contributed by atoms with van der Waals surface area (Å²) in [5.74, 6) is -0.0266. The summed E-state index contributed by atoms with van der Waals surface area (Å²) >= 11 is 12.7. The second-order valence-corrected chi connectivity index (χ2v) is 11.6. The fraction of sp³-hybridized carbons (Fsp3) is 0.517. The molecule has 1 heterocycles. The molecule has 2 amide bonds. The van der Waals surface area contributed by atoms with Crippen molar-refractivity contribution in [2.75, 3.05) is 11.9 Å². The van der Waals surface area contributed by atoms with Crippen molar-refractivity contribution < 1.29 is 9.59 Å². The lowest BCUT2D eigenvalue weighted by atomic mass is 9.57. The zero-order valence-corrected chi connectivity index (χ0v) is 22.2. The summed E-state index contributed by atoms with van der Waals surface area (Å²) in [6, 6.07) is 13.7. The van der Waals surface area contributed by atoms with Crippen LogP contribution in [0.1, 0.15) is 75.3 Å². The number of halogens is 2. The first-order valence-corrected chi connectivity index (χ1v) is 14.1. The van der Waals surface area contributed by atoms with E-state index in [1.165, 1.54) is 19.3 Å². The maximum atomic E-state index is 14.1. The summed E-state index contributed by atoms with van der Waals surface area (Å²) in [5.41, 5.74) is 1.25. The van der Waals surface area contributed by atoms with Crippen molar-refractivity contribution in [2.45, 2.75) is 87.6 Å². The van der Waals surface area contributed by atoms with Gasteiger partial charge in [0.1, 0.15) is 0 Å². The molecule has 5 rings (SSSR count). The Morgan fingerprint density at radius 1 is 0.944 bits per heavy atom. The number of rotatable bonds is 7. The first kappa shape index (κ1) is 25.6. The van der Waals surface area contributed by atoms with Gasteiger partial charge in [-0.2, -0.15) is 0 Å². The number of nitrogens with one attached hydrogen (secondary N) is 3. The van der Waals surface area contributed by atoms with Crippen LogP contribution in [0.15, 0.2) is 42.5 Å². The van der Waals surface area contributed by atoms with Crippen LogP contribution in [0.4, 0.5) is 5.69 Å². The third-order valence-corrected chi connectivity index (χ3v) is 8.99. The smallest absolute Gasteiger partial charge is 0.237 e. The molecule has 3 N–H and O–H groups in total. The van der Waals surface area contributed by atoms with E-state index in [0.29, 0.717) is 16.5 Å². The van der Waals surface area contributed by atoms with Gasteiger partial charge in [0.15, 0.2) is 0 Å². The van der Waals surface area contributed by atoms with Crippen molar-refractivity contribution in [2.24, 2.45) is 0 Å². The molecule has 0 saturated heterocycles. The number of amides is 2. The normalized spacial score (nSPS) is 23.7. The van der Waals surface area contributed by atoms with E-state index in [9.17, 15) is 9.59 Å². The zero-order chi connectivity index (χ0) is 25.2. The topological polar surface area (TPSA) is 70.2 Å². The van der Waals surface area contributed by atoms with E-state index >= 15 is 0 Å². The minimum absolute atomic E-state index is 0.0134. The molecule has 2 aliphatic carbocycles. The van der Waals surface area contributed by atoms with Crippen LogP contribution in [0.5, 0.6) is 0 Å². The SMILES string of the molecule is O=C(CNC1(C2(Cc3cccc(Cl)c3)C(=O)Nc3cc(Cl)ccc32)CCCCC1)NC1CCCCC1. The van der Waals surface area contributed by atoms with Crippen LogP contribution >= 0.6 is 23.2 Å². The number of carbonyl (C=O) groups excluding carboxylic acids is 2. The molecular weight excluding hydrogens is 493 g/mol. The molecule has 0 radical (unpaired) electrons. The molecule has 1 aliphatic heterocycles. The number of benzene rings is 2. The molecule has 7 heteroatoms. The number of hydrogen-bond donors (Lipinski definition) is 3. The quantitative estimate of drug-likeness (QED) is 0.403. The highest BCUT2D eigenvalue weighted by atomic mass is 35.5. The first-order valence-electron chi connectivity index (χ1n) is 13.3. The van der Waals surface area contributed by atoms with Gasteiger partial charge in [-0.3, -0.25) is 9.59 Å². The lowest BCUT2D eigenvalue weighted by Crippen LogP contribution is -2.66. The predicted octanol–water partition coefficient (Wildman–Crippen LogP) is 6.17. The van der Waals surface area contributed by atoms with Crippen LogP contribution in [-0.4, -0.2) is 29.9 Å². The molecule has 2 aromatic carbocycles. The van der Waals surface area contributed by atoms with Gasteiger partial charge in [-0.1, -0.05) is 79.9 Å². The summed E-state index contributed by atoms with van der Waals surface area (Å²) in [7, 11) is 0. The van der Waals surface area contributed by atoms with Gasteiger partial charge in [0.25, 0.3) is 0 Å². The molecule has 0 spiro atoms. The summed E-state index contributed by atoms with van der Waals surface area (Å²) < 4.78 is 0. The van der Waals surface area contributed by atoms with E-state index in [-0.39, 0.29) is 24.4 Å². The van der Waals surface area contributed by atoms with E-state index in [1.807, 2.05) is 42.5 Å². The van der Waals surface area contributed by atoms with Crippen LogP contribution in [0, 0.1) is 0 Å². The molecule has 2 fully saturated rings. The Balaban J connectivity index is 1.52. The molecule has 36 heavy (non-hydrogen) atoms. The first-order chi connectivity index (χ1) is 17.4. The van der Waals surface area contributed by atoms with Gasteiger partial charge in [0.2, 0.25) is 11.8 Å². The lowest BCUT2D eigenvalue weighted by molar-refractivity contribution is -0.127. The van der Waals surface area contributed by atoms with Gasteiger partial charge in [-0.05, 0) is 67.5 Å². The average molecular weight is 529 g/mol. The van der Waals surface area contributed by atoms with Gasteiger partial charge in [0, 0.05) is 27.3 Å². The van der Waals surface area contributed by atoms with E-state index in [4.69, 9.17) is 23.2 Å².